The number of hydrogen-bond acceptors (Lipinski definition) is 3. The van der Waals surface area contributed by atoms with Crippen LogP contribution in [0.4, 0.5) is 0 Å². The molecular weight excluding hydrogens is 274 g/mol. The van der Waals surface area contributed by atoms with E-state index in [1.54, 1.807) is 0 Å². The first-order chi connectivity index (χ1) is 10.9. The molecule has 4 rings (SSSR count). The van der Waals surface area contributed by atoms with Crippen molar-refractivity contribution in [3.8, 4) is 11.1 Å². The SMILES string of the molecule is C1CN2CCOCC2CO1.c1ccc(-c2ccccc2)cc1. The van der Waals surface area contributed by atoms with E-state index in [1.165, 1.54) is 11.1 Å². The zero-order chi connectivity index (χ0) is 15.0. The Labute approximate surface area is 132 Å². The van der Waals surface area contributed by atoms with Gasteiger partial charge in [-0.1, -0.05) is 60.7 Å². The van der Waals surface area contributed by atoms with Crippen molar-refractivity contribution < 1.29 is 9.47 Å². The van der Waals surface area contributed by atoms with Crippen LogP contribution in [-0.2, 0) is 9.47 Å². The van der Waals surface area contributed by atoms with Gasteiger partial charge in [0.2, 0.25) is 0 Å². The number of hydrogen-bond donors (Lipinski definition) is 0. The maximum atomic E-state index is 5.32. The first kappa shape index (κ1) is 15.2. The number of benzene rings is 2. The Balaban J connectivity index is 0.000000133. The minimum atomic E-state index is 0.544. The summed E-state index contributed by atoms with van der Waals surface area (Å²) in [6, 6.07) is 21.3. The van der Waals surface area contributed by atoms with Crippen LogP contribution in [0.15, 0.2) is 60.7 Å². The molecule has 0 aliphatic carbocycles. The first-order valence-corrected chi connectivity index (χ1v) is 7.93. The molecule has 2 heterocycles. The summed E-state index contributed by atoms with van der Waals surface area (Å²) in [7, 11) is 0. The Kier molecular flexibility index (Phi) is 5.59. The van der Waals surface area contributed by atoms with Crippen LogP contribution < -0.4 is 0 Å². The van der Waals surface area contributed by atoms with Gasteiger partial charge >= 0.3 is 0 Å². The third kappa shape index (κ3) is 4.17. The molecule has 2 aliphatic heterocycles. The van der Waals surface area contributed by atoms with Crippen LogP contribution in [0.1, 0.15) is 0 Å². The number of fused-ring (bicyclic) bond motifs is 1. The summed E-state index contributed by atoms with van der Waals surface area (Å²) < 4.78 is 10.6. The fraction of sp³-hybridized carbons (Fsp3) is 0.368. The average molecular weight is 297 g/mol. The highest BCUT2D eigenvalue weighted by atomic mass is 16.5. The molecule has 0 atom stereocenters. The van der Waals surface area contributed by atoms with E-state index in [9.17, 15) is 0 Å². The highest BCUT2D eigenvalue weighted by Crippen LogP contribution is 2.17. The minimum Gasteiger partial charge on any atom is -0.378 e. The molecule has 0 N–H and O–H groups in total. The van der Waals surface area contributed by atoms with Crippen LogP contribution in [-0.4, -0.2) is 50.5 Å². The molecule has 0 radical (unpaired) electrons. The maximum Gasteiger partial charge on any atom is 0.0645 e. The lowest BCUT2D eigenvalue weighted by molar-refractivity contribution is -0.0829. The van der Waals surface area contributed by atoms with E-state index >= 15 is 0 Å². The number of ether oxygens (including phenoxy) is 2. The van der Waals surface area contributed by atoms with E-state index in [2.05, 4.69) is 53.4 Å². The van der Waals surface area contributed by atoms with E-state index in [0.717, 1.165) is 39.5 Å². The van der Waals surface area contributed by atoms with Gasteiger partial charge in [0.15, 0.2) is 0 Å². The Bertz CT molecular complexity index is 480. The van der Waals surface area contributed by atoms with E-state index < -0.39 is 0 Å². The van der Waals surface area contributed by atoms with Gasteiger partial charge in [0.1, 0.15) is 0 Å². The molecule has 116 valence electrons. The van der Waals surface area contributed by atoms with Crippen LogP contribution in [0.25, 0.3) is 11.1 Å². The van der Waals surface area contributed by atoms with Crippen molar-refractivity contribution in [2.24, 2.45) is 0 Å². The molecule has 0 bridgehead atoms. The predicted octanol–water partition coefficient (Wildman–Crippen LogP) is 3.07. The number of rotatable bonds is 1. The van der Waals surface area contributed by atoms with E-state index in [-0.39, 0.29) is 0 Å². The summed E-state index contributed by atoms with van der Waals surface area (Å²) in [5.41, 5.74) is 2.55. The topological polar surface area (TPSA) is 21.7 Å². The summed E-state index contributed by atoms with van der Waals surface area (Å²) in [6.45, 7) is 5.70. The second kappa shape index (κ2) is 8.08. The second-order valence-electron chi connectivity index (χ2n) is 5.57. The molecule has 3 heteroatoms. The third-order valence-electron chi connectivity index (χ3n) is 4.06. The Morgan fingerprint density at radius 1 is 0.682 bits per heavy atom. The van der Waals surface area contributed by atoms with Gasteiger partial charge in [-0.25, -0.2) is 0 Å². The Hall–Kier alpha value is -1.68. The van der Waals surface area contributed by atoms with Crippen molar-refractivity contribution in [2.75, 3.05) is 39.5 Å². The molecule has 0 aromatic heterocycles. The van der Waals surface area contributed by atoms with Crippen molar-refractivity contribution in [1.29, 1.82) is 0 Å². The summed E-state index contributed by atoms with van der Waals surface area (Å²) in [6.07, 6.45) is 0. The quantitative estimate of drug-likeness (QED) is 0.807. The lowest BCUT2D eigenvalue weighted by Gasteiger charge is -2.38. The van der Waals surface area contributed by atoms with E-state index in [4.69, 9.17) is 9.47 Å². The second-order valence-corrected chi connectivity index (χ2v) is 5.57. The molecule has 3 nitrogen and oxygen atoms in total. The lowest BCUT2D eigenvalue weighted by Crippen LogP contribution is -2.52. The highest BCUT2D eigenvalue weighted by molar-refractivity contribution is 5.62. The normalized spacial score (nSPS) is 18.9. The first-order valence-electron chi connectivity index (χ1n) is 7.93. The van der Waals surface area contributed by atoms with Gasteiger partial charge in [-0.15, -0.1) is 0 Å². The standard InChI is InChI=1S/C12H10.C7H13NO2/c1-3-7-11(8-4-1)12-9-5-2-6-10-12;1-3-9-5-7-6-10-4-2-8(1)7/h1-10H;7H,1-6H2. The fourth-order valence-corrected chi connectivity index (χ4v) is 2.80. The van der Waals surface area contributed by atoms with Crippen LogP contribution in [0.3, 0.4) is 0 Å². The molecule has 0 spiro atoms. The molecule has 2 aliphatic rings. The largest absolute Gasteiger partial charge is 0.378 e. The van der Waals surface area contributed by atoms with E-state index in [1.807, 2.05) is 12.1 Å². The van der Waals surface area contributed by atoms with Gasteiger partial charge in [0.25, 0.3) is 0 Å². The van der Waals surface area contributed by atoms with Gasteiger partial charge in [-0.2, -0.15) is 0 Å². The van der Waals surface area contributed by atoms with Crippen molar-refractivity contribution in [3.63, 3.8) is 0 Å². The lowest BCUT2D eigenvalue weighted by atomic mass is 10.1. The predicted molar refractivity (Wildman–Crippen MR) is 88.9 cm³/mol. The van der Waals surface area contributed by atoms with Gasteiger partial charge in [0.05, 0.1) is 32.5 Å². The molecule has 2 saturated heterocycles. The summed E-state index contributed by atoms with van der Waals surface area (Å²) >= 11 is 0. The zero-order valence-corrected chi connectivity index (χ0v) is 12.9. The van der Waals surface area contributed by atoms with Crippen molar-refractivity contribution >= 4 is 0 Å². The van der Waals surface area contributed by atoms with Crippen molar-refractivity contribution in [2.45, 2.75) is 6.04 Å². The monoisotopic (exact) mass is 297 g/mol. The van der Waals surface area contributed by atoms with Crippen LogP contribution in [0.5, 0.6) is 0 Å². The number of nitrogens with zero attached hydrogens (tertiary/aromatic N) is 1. The zero-order valence-electron chi connectivity index (χ0n) is 12.9. The number of morpholine rings is 2. The van der Waals surface area contributed by atoms with Crippen molar-refractivity contribution in [1.82, 2.24) is 4.90 Å². The maximum absolute atomic E-state index is 5.32. The molecular formula is C19H23NO2. The van der Waals surface area contributed by atoms with Gasteiger partial charge in [-0.3, -0.25) is 4.90 Å². The smallest absolute Gasteiger partial charge is 0.0645 e. The average Bonchev–Trinajstić information content (AvgIpc) is 2.64. The Morgan fingerprint density at radius 2 is 1.14 bits per heavy atom. The van der Waals surface area contributed by atoms with Crippen LogP contribution in [0.2, 0.25) is 0 Å². The molecule has 2 aromatic carbocycles. The van der Waals surface area contributed by atoms with Crippen LogP contribution >= 0.6 is 0 Å². The third-order valence-corrected chi connectivity index (χ3v) is 4.06. The molecule has 0 unspecified atom stereocenters. The van der Waals surface area contributed by atoms with Gasteiger partial charge < -0.3 is 9.47 Å². The van der Waals surface area contributed by atoms with Crippen LogP contribution in [0, 0.1) is 0 Å². The molecule has 0 saturated carbocycles. The fourth-order valence-electron chi connectivity index (χ4n) is 2.80. The molecule has 22 heavy (non-hydrogen) atoms. The van der Waals surface area contributed by atoms with Gasteiger partial charge in [0, 0.05) is 13.1 Å². The van der Waals surface area contributed by atoms with Crippen molar-refractivity contribution in [3.05, 3.63) is 60.7 Å². The van der Waals surface area contributed by atoms with E-state index in [0.29, 0.717) is 6.04 Å². The molecule has 2 aromatic rings. The molecule has 2 fully saturated rings. The van der Waals surface area contributed by atoms with Gasteiger partial charge in [-0.05, 0) is 11.1 Å². The highest BCUT2D eigenvalue weighted by Gasteiger charge is 2.25. The molecule has 0 amide bonds. The minimum absolute atomic E-state index is 0.544. The summed E-state index contributed by atoms with van der Waals surface area (Å²) in [5.74, 6) is 0. The summed E-state index contributed by atoms with van der Waals surface area (Å²) in [4.78, 5) is 2.45. The summed E-state index contributed by atoms with van der Waals surface area (Å²) in [5, 5.41) is 0. The Morgan fingerprint density at radius 3 is 1.55 bits per heavy atom.